The lowest BCUT2D eigenvalue weighted by molar-refractivity contribution is 0.102. The van der Waals surface area contributed by atoms with Gasteiger partial charge in [-0.3, -0.25) is 9.36 Å². The van der Waals surface area contributed by atoms with E-state index in [0.29, 0.717) is 45.0 Å². The van der Waals surface area contributed by atoms with Crippen molar-refractivity contribution in [3.63, 3.8) is 0 Å². The zero-order valence-electron chi connectivity index (χ0n) is 17.4. The highest BCUT2D eigenvalue weighted by molar-refractivity contribution is 9.10. The van der Waals surface area contributed by atoms with Crippen LogP contribution in [-0.4, -0.2) is 27.6 Å². The topological polar surface area (TPSA) is 92.8 Å². The largest absolute Gasteiger partial charge is 0.497 e. The van der Waals surface area contributed by atoms with Gasteiger partial charge in [0.2, 0.25) is 0 Å². The quantitative estimate of drug-likeness (QED) is 0.355. The fourth-order valence-corrected chi connectivity index (χ4v) is 4.06. The van der Waals surface area contributed by atoms with Gasteiger partial charge in [0.15, 0.2) is 5.65 Å². The van der Waals surface area contributed by atoms with E-state index in [1.807, 2.05) is 54.6 Å². The predicted octanol–water partition coefficient (Wildman–Crippen LogP) is 5.47. The van der Waals surface area contributed by atoms with Crippen LogP contribution in [0.1, 0.15) is 15.9 Å². The number of rotatable bonds is 4. The Morgan fingerprint density at radius 2 is 1.76 bits per heavy atom. The molecule has 2 heterocycles. The smallest absolute Gasteiger partial charge is 0.256 e. The van der Waals surface area contributed by atoms with Crippen molar-refractivity contribution in [3.8, 4) is 17.5 Å². The van der Waals surface area contributed by atoms with E-state index in [-0.39, 0.29) is 11.5 Å². The maximum atomic E-state index is 13.1. The maximum Gasteiger partial charge on any atom is 0.256 e. The van der Waals surface area contributed by atoms with Crippen molar-refractivity contribution in [2.24, 2.45) is 0 Å². The molecule has 3 aromatic carbocycles. The lowest BCUT2D eigenvalue weighted by Crippen LogP contribution is -2.15. The third-order valence-electron chi connectivity index (χ3n) is 5.22. The summed E-state index contributed by atoms with van der Waals surface area (Å²) in [6, 6.07) is 24.0. The highest BCUT2D eigenvalue weighted by atomic mass is 79.9. The van der Waals surface area contributed by atoms with E-state index >= 15 is 0 Å². The van der Waals surface area contributed by atoms with E-state index in [1.165, 1.54) is 0 Å². The molecule has 0 bridgehead atoms. The van der Waals surface area contributed by atoms with Gasteiger partial charge < -0.3 is 10.1 Å². The second-order valence-corrected chi connectivity index (χ2v) is 8.13. The summed E-state index contributed by atoms with van der Waals surface area (Å²) in [5.41, 5.74) is 3.63. The Morgan fingerprint density at radius 3 is 2.42 bits per heavy atom. The number of hydrogen-bond acceptors (Lipinski definition) is 5. The number of hydrogen-bond donors (Lipinski definition) is 1. The summed E-state index contributed by atoms with van der Waals surface area (Å²) >= 11 is 3.39. The first kappa shape index (κ1) is 20.7. The van der Waals surface area contributed by atoms with E-state index in [4.69, 9.17) is 14.7 Å². The molecule has 0 aliphatic heterocycles. The third kappa shape index (κ3) is 3.69. The zero-order valence-corrected chi connectivity index (χ0v) is 19.0. The summed E-state index contributed by atoms with van der Waals surface area (Å²) in [6.07, 6.45) is 0. The molecule has 0 radical (unpaired) electrons. The van der Waals surface area contributed by atoms with Crippen molar-refractivity contribution in [3.05, 3.63) is 88.4 Å². The zero-order chi connectivity index (χ0) is 22.9. The fourth-order valence-electron chi connectivity index (χ4n) is 3.66. The predicted molar refractivity (Wildman–Crippen MR) is 130 cm³/mol. The Balaban J connectivity index is 1.77. The average Bonchev–Trinajstić information content (AvgIpc) is 3.14. The Labute approximate surface area is 197 Å². The van der Waals surface area contributed by atoms with Gasteiger partial charge in [0.05, 0.1) is 18.1 Å². The van der Waals surface area contributed by atoms with Gasteiger partial charge in [-0.05, 0) is 54.6 Å². The number of para-hydroxylation sites is 2. The molecule has 33 heavy (non-hydrogen) atoms. The summed E-state index contributed by atoms with van der Waals surface area (Å²) in [6.45, 7) is 0. The van der Waals surface area contributed by atoms with Crippen LogP contribution < -0.4 is 10.1 Å². The molecule has 0 atom stereocenters. The van der Waals surface area contributed by atoms with Gasteiger partial charge in [0, 0.05) is 15.7 Å². The molecule has 0 spiro atoms. The molecular formula is C25H16BrN5O2. The first-order chi connectivity index (χ1) is 16.1. The summed E-state index contributed by atoms with van der Waals surface area (Å²) in [7, 11) is 1.59. The van der Waals surface area contributed by atoms with E-state index in [1.54, 1.807) is 29.9 Å². The molecule has 0 saturated heterocycles. The van der Waals surface area contributed by atoms with Gasteiger partial charge >= 0.3 is 0 Å². The van der Waals surface area contributed by atoms with Crippen LogP contribution in [0.25, 0.3) is 27.9 Å². The second-order valence-electron chi connectivity index (χ2n) is 7.22. The van der Waals surface area contributed by atoms with Crippen LogP contribution in [0.15, 0.2) is 77.3 Å². The molecule has 0 unspecified atom stereocenters. The van der Waals surface area contributed by atoms with E-state index in [0.717, 1.165) is 4.47 Å². The minimum absolute atomic E-state index is 0.238. The first-order valence-corrected chi connectivity index (χ1v) is 10.8. The number of halogens is 1. The van der Waals surface area contributed by atoms with Crippen LogP contribution in [-0.2, 0) is 0 Å². The minimum Gasteiger partial charge on any atom is -0.497 e. The third-order valence-corrected chi connectivity index (χ3v) is 5.72. The van der Waals surface area contributed by atoms with Crippen LogP contribution >= 0.6 is 15.9 Å². The van der Waals surface area contributed by atoms with Crippen molar-refractivity contribution < 1.29 is 9.53 Å². The molecule has 1 N–H and O–H groups in total. The summed E-state index contributed by atoms with van der Waals surface area (Å²) in [5.74, 6) is 0.639. The Morgan fingerprint density at radius 1 is 1.03 bits per heavy atom. The Hall–Kier alpha value is -4.22. The Kier molecular flexibility index (Phi) is 5.24. The van der Waals surface area contributed by atoms with Gasteiger partial charge in [-0.25, -0.2) is 9.97 Å². The van der Waals surface area contributed by atoms with E-state index in [9.17, 15) is 10.1 Å². The number of methoxy groups -OCH3 is 1. The number of carbonyl (C=O) groups is 1. The number of benzene rings is 3. The Bertz CT molecular complexity index is 1570. The first-order valence-electron chi connectivity index (χ1n) is 10.0. The van der Waals surface area contributed by atoms with E-state index in [2.05, 4.69) is 27.3 Å². The second kappa shape index (κ2) is 8.37. The number of ether oxygens (including phenoxy) is 1. The van der Waals surface area contributed by atoms with Gasteiger partial charge in [0.1, 0.15) is 28.7 Å². The van der Waals surface area contributed by atoms with Gasteiger partial charge in [-0.2, -0.15) is 5.26 Å². The lowest BCUT2D eigenvalue weighted by atomic mass is 10.2. The van der Waals surface area contributed by atoms with Crippen LogP contribution in [0.4, 0.5) is 5.82 Å². The summed E-state index contributed by atoms with van der Waals surface area (Å²) in [5, 5.41) is 13.0. The molecule has 0 aliphatic rings. The number of nitriles is 1. The highest BCUT2D eigenvalue weighted by Crippen LogP contribution is 2.33. The number of carbonyl (C=O) groups excluding carboxylic acids is 1. The van der Waals surface area contributed by atoms with Gasteiger partial charge in [-0.1, -0.05) is 34.1 Å². The van der Waals surface area contributed by atoms with Crippen molar-refractivity contribution in [1.29, 1.82) is 5.26 Å². The lowest BCUT2D eigenvalue weighted by Gasteiger charge is -2.12. The number of aromatic nitrogens is 3. The molecule has 2 aromatic heterocycles. The monoisotopic (exact) mass is 497 g/mol. The van der Waals surface area contributed by atoms with Gasteiger partial charge in [0.25, 0.3) is 5.91 Å². The highest BCUT2D eigenvalue weighted by Gasteiger charge is 2.24. The SMILES string of the molecule is COc1ccc(-n2c(NC(=O)c3cccc(Br)c3)c(C#N)c3nc4ccccc4nc32)cc1. The molecule has 8 heteroatoms. The fraction of sp³-hybridized carbons (Fsp3) is 0.0400. The summed E-state index contributed by atoms with van der Waals surface area (Å²) in [4.78, 5) is 22.6. The van der Waals surface area contributed by atoms with Crippen molar-refractivity contribution in [2.45, 2.75) is 0 Å². The van der Waals surface area contributed by atoms with Crippen LogP contribution in [0.2, 0.25) is 0 Å². The number of fused-ring (bicyclic) bond motifs is 2. The number of nitrogens with one attached hydrogen (secondary N) is 1. The number of anilines is 1. The number of nitrogens with zero attached hydrogens (tertiary/aromatic N) is 4. The molecule has 5 rings (SSSR count). The van der Waals surface area contributed by atoms with Crippen molar-refractivity contribution >= 4 is 49.9 Å². The molecule has 7 nitrogen and oxygen atoms in total. The average molecular weight is 498 g/mol. The maximum absolute atomic E-state index is 13.1. The molecule has 0 saturated carbocycles. The molecule has 0 fully saturated rings. The minimum atomic E-state index is -0.352. The normalized spacial score (nSPS) is 10.8. The van der Waals surface area contributed by atoms with Crippen LogP contribution in [0.5, 0.6) is 5.75 Å². The van der Waals surface area contributed by atoms with Crippen molar-refractivity contribution in [1.82, 2.24) is 14.5 Å². The molecule has 0 aliphatic carbocycles. The molecular weight excluding hydrogens is 482 g/mol. The molecule has 1 amide bonds. The van der Waals surface area contributed by atoms with E-state index < -0.39 is 0 Å². The van der Waals surface area contributed by atoms with Crippen LogP contribution in [0.3, 0.4) is 0 Å². The molecule has 5 aromatic rings. The standard InChI is InChI=1S/C25H16BrN5O2/c1-33-18-11-9-17(10-12-18)31-23(30-25(32)15-5-4-6-16(26)13-15)19(14-27)22-24(31)29-21-8-3-2-7-20(21)28-22/h2-13H,1H3,(H,30,32). The molecule has 160 valence electrons. The van der Waals surface area contributed by atoms with Crippen LogP contribution in [0, 0.1) is 11.3 Å². The summed E-state index contributed by atoms with van der Waals surface area (Å²) < 4.78 is 7.79. The van der Waals surface area contributed by atoms with Crippen molar-refractivity contribution in [2.75, 3.05) is 12.4 Å². The number of amides is 1. The van der Waals surface area contributed by atoms with Gasteiger partial charge in [-0.15, -0.1) is 0 Å².